The molecule has 0 unspecified atom stereocenters. The molecule has 3 amide bonds. The van der Waals surface area contributed by atoms with Crippen molar-refractivity contribution in [3.05, 3.63) is 163 Å². The van der Waals surface area contributed by atoms with Crippen molar-refractivity contribution in [2.24, 2.45) is 0 Å². The molecule has 0 fully saturated rings. The van der Waals surface area contributed by atoms with Crippen molar-refractivity contribution in [3.8, 4) is 32.6 Å². The molecule has 55 heavy (non-hydrogen) atoms. The molecule has 268 valence electrons. The van der Waals surface area contributed by atoms with Crippen LogP contribution in [0, 0.1) is 0 Å². The topological polar surface area (TPSA) is 136 Å². The summed E-state index contributed by atoms with van der Waals surface area (Å²) in [7, 11) is 0. The first-order chi connectivity index (χ1) is 26.9. The number of hydrogen-bond acceptors (Lipinski definition) is 8. The van der Waals surface area contributed by atoms with Crippen molar-refractivity contribution in [2.45, 2.75) is 0 Å². The molecule has 9 aromatic rings. The van der Waals surface area contributed by atoms with Crippen molar-refractivity contribution in [1.82, 2.24) is 9.97 Å². The number of rotatable bonds is 6. The van der Waals surface area contributed by atoms with Crippen LogP contribution in [0.3, 0.4) is 0 Å². The maximum atomic E-state index is 12.9. The Kier molecular flexibility index (Phi) is 9.85. The first kappa shape index (κ1) is 35.0. The quantitative estimate of drug-likeness (QED) is 0.107. The standard InChI is InChI=1S/C24H16N2O2S.C20H15N3O2S/c27-21-13-12-16(14-19(21)24-26-20-10-3-4-11-22(20)29-24)25-23(28)18-9-5-7-15-6-1-2-8-17(15)18;24-17-11-10-14(22-20(25)21-13-6-2-1-3-7-13)12-15(17)19-23-16-8-4-5-9-18(16)26-19/h1-14,27H,(H,25,28);1-12,24H,(H2,21,22,25). The highest BCUT2D eigenvalue weighted by Gasteiger charge is 2.15. The number of para-hydroxylation sites is 3. The van der Waals surface area contributed by atoms with Gasteiger partial charge in [-0.3, -0.25) is 4.79 Å². The second kappa shape index (κ2) is 15.5. The lowest BCUT2D eigenvalue weighted by molar-refractivity contribution is 0.102. The number of thiazole rings is 2. The zero-order valence-corrected chi connectivity index (χ0v) is 30.6. The first-order valence-electron chi connectivity index (χ1n) is 17.2. The molecular weight excluding hydrogens is 727 g/mol. The maximum Gasteiger partial charge on any atom is 0.323 e. The van der Waals surface area contributed by atoms with Crippen molar-refractivity contribution >= 4 is 82.9 Å². The number of phenols is 2. The van der Waals surface area contributed by atoms with Gasteiger partial charge in [0, 0.05) is 22.6 Å². The second-order valence-electron chi connectivity index (χ2n) is 12.4. The van der Waals surface area contributed by atoms with E-state index in [2.05, 4.69) is 25.9 Å². The number of aromatic nitrogens is 2. The molecule has 0 saturated heterocycles. The summed E-state index contributed by atoms with van der Waals surface area (Å²) in [6.07, 6.45) is 0. The van der Waals surface area contributed by atoms with Crippen LogP contribution in [0.15, 0.2) is 158 Å². The lowest BCUT2D eigenvalue weighted by Gasteiger charge is -2.10. The van der Waals surface area contributed by atoms with E-state index in [0.29, 0.717) is 43.8 Å². The number of nitrogens with one attached hydrogen (secondary N) is 3. The molecule has 7 aromatic carbocycles. The molecule has 5 N–H and O–H groups in total. The number of phenolic OH excluding ortho intramolecular Hbond substituents is 2. The van der Waals surface area contributed by atoms with Gasteiger partial charge in [0.1, 0.15) is 21.5 Å². The molecular formula is C44H31N5O4S2. The molecule has 0 bridgehead atoms. The van der Waals surface area contributed by atoms with Gasteiger partial charge >= 0.3 is 6.03 Å². The molecule has 0 radical (unpaired) electrons. The van der Waals surface area contributed by atoms with E-state index in [-0.39, 0.29) is 23.4 Å². The van der Waals surface area contributed by atoms with E-state index in [1.165, 1.54) is 22.7 Å². The molecule has 9 nitrogen and oxygen atoms in total. The Hall–Kier alpha value is -7.08. The molecule has 0 atom stereocenters. The zero-order valence-electron chi connectivity index (χ0n) is 28.9. The van der Waals surface area contributed by atoms with Gasteiger partial charge in [-0.2, -0.15) is 0 Å². The van der Waals surface area contributed by atoms with E-state index in [0.717, 1.165) is 31.2 Å². The molecule has 0 aliphatic rings. The summed E-state index contributed by atoms with van der Waals surface area (Å²) in [6, 6.07) is 47.9. The monoisotopic (exact) mass is 757 g/mol. The van der Waals surface area contributed by atoms with Crippen LogP contribution in [-0.2, 0) is 0 Å². The fourth-order valence-corrected chi connectivity index (χ4v) is 7.96. The fraction of sp³-hybridized carbons (Fsp3) is 0. The van der Waals surface area contributed by atoms with Crippen LogP contribution in [0.25, 0.3) is 52.3 Å². The Morgan fingerprint density at radius 1 is 0.491 bits per heavy atom. The summed E-state index contributed by atoms with van der Waals surface area (Å²) < 4.78 is 2.09. The molecule has 0 aliphatic carbocycles. The number of nitrogens with zero attached hydrogens (tertiary/aromatic N) is 2. The van der Waals surface area contributed by atoms with Crippen LogP contribution >= 0.6 is 22.7 Å². The number of hydrogen-bond donors (Lipinski definition) is 5. The van der Waals surface area contributed by atoms with Crippen LogP contribution in [0.1, 0.15) is 10.4 Å². The summed E-state index contributed by atoms with van der Waals surface area (Å²) in [5.74, 6) is 0.0630. The second-order valence-corrected chi connectivity index (χ2v) is 14.4. The van der Waals surface area contributed by atoms with E-state index in [9.17, 15) is 19.8 Å². The predicted molar refractivity (Wildman–Crippen MR) is 224 cm³/mol. The van der Waals surface area contributed by atoms with Crippen LogP contribution in [-0.4, -0.2) is 32.1 Å². The van der Waals surface area contributed by atoms with E-state index in [1.807, 2.05) is 121 Å². The molecule has 11 heteroatoms. The number of amides is 3. The molecule has 9 rings (SSSR count). The van der Waals surface area contributed by atoms with Crippen LogP contribution in [0.4, 0.5) is 21.9 Å². The molecule has 0 saturated carbocycles. The number of benzene rings is 7. The smallest absolute Gasteiger partial charge is 0.323 e. The van der Waals surface area contributed by atoms with Crippen molar-refractivity contribution in [3.63, 3.8) is 0 Å². The number of aromatic hydroxyl groups is 2. The summed E-state index contributed by atoms with van der Waals surface area (Å²) in [6.45, 7) is 0. The SMILES string of the molecule is O=C(Nc1ccc(O)c(-c2nc3ccccc3s2)c1)c1cccc2ccccc12.O=C(Nc1ccccc1)Nc1ccc(O)c(-c2nc3ccccc3s2)c1. The zero-order chi connectivity index (χ0) is 37.7. The largest absolute Gasteiger partial charge is 0.507 e. The van der Waals surface area contributed by atoms with Crippen molar-refractivity contribution < 1.29 is 19.8 Å². The molecule has 0 aliphatic heterocycles. The minimum Gasteiger partial charge on any atom is -0.507 e. The summed E-state index contributed by atoms with van der Waals surface area (Å²) in [5.41, 5.74) is 5.45. The van der Waals surface area contributed by atoms with Gasteiger partial charge in [-0.05, 0) is 89.6 Å². The number of anilines is 3. The minimum absolute atomic E-state index is 0.123. The normalized spacial score (nSPS) is 10.8. The lowest BCUT2D eigenvalue weighted by atomic mass is 10.0. The molecule has 2 aromatic heterocycles. The summed E-state index contributed by atoms with van der Waals surface area (Å²) in [5, 5.41) is 32.4. The van der Waals surface area contributed by atoms with Gasteiger partial charge in [0.25, 0.3) is 5.91 Å². The Morgan fingerprint density at radius 2 is 1.00 bits per heavy atom. The van der Waals surface area contributed by atoms with E-state index in [1.54, 1.807) is 36.4 Å². The van der Waals surface area contributed by atoms with Crippen LogP contribution in [0.5, 0.6) is 11.5 Å². The van der Waals surface area contributed by atoms with Gasteiger partial charge in [0.2, 0.25) is 0 Å². The third-order valence-corrected chi connectivity index (χ3v) is 10.8. The maximum absolute atomic E-state index is 12.9. The predicted octanol–water partition coefficient (Wildman–Crippen LogP) is 11.4. The van der Waals surface area contributed by atoms with Gasteiger partial charge in [-0.25, -0.2) is 14.8 Å². The molecule has 2 heterocycles. The van der Waals surface area contributed by atoms with Gasteiger partial charge in [-0.1, -0.05) is 78.9 Å². The minimum atomic E-state index is -0.350. The van der Waals surface area contributed by atoms with E-state index in [4.69, 9.17) is 0 Å². The summed E-state index contributed by atoms with van der Waals surface area (Å²) >= 11 is 3.00. The van der Waals surface area contributed by atoms with Crippen LogP contribution < -0.4 is 16.0 Å². The molecule has 0 spiro atoms. The van der Waals surface area contributed by atoms with Gasteiger partial charge < -0.3 is 26.2 Å². The first-order valence-corrected chi connectivity index (χ1v) is 18.8. The Balaban J connectivity index is 0.000000156. The Bertz CT molecular complexity index is 2760. The average molecular weight is 758 g/mol. The third-order valence-electron chi connectivity index (χ3n) is 8.62. The van der Waals surface area contributed by atoms with Crippen molar-refractivity contribution in [1.29, 1.82) is 0 Å². The van der Waals surface area contributed by atoms with Gasteiger partial charge in [0.05, 0.1) is 31.6 Å². The van der Waals surface area contributed by atoms with Gasteiger partial charge in [0.15, 0.2) is 0 Å². The third kappa shape index (κ3) is 7.84. The van der Waals surface area contributed by atoms with Gasteiger partial charge in [-0.15, -0.1) is 22.7 Å². The Labute approximate surface area is 323 Å². The average Bonchev–Trinajstić information content (AvgIpc) is 3.85. The van der Waals surface area contributed by atoms with Crippen LogP contribution in [0.2, 0.25) is 0 Å². The highest BCUT2D eigenvalue weighted by molar-refractivity contribution is 7.22. The van der Waals surface area contributed by atoms with Crippen molar-refractivity contribution in [2.75, 3.05) is 16.0 Å². The van der Waals surface area contributed by atoms with E-state index >= 15 is 0 Å². The summed E-state index contributed by atoms with van der Waals surface area (Å²) in [4.78, 5) is 34.2. The number of fused-ring (bicyclic) bond motifs is 3. The number of carbonyl (C=O) groups is 2. The highest BCUT2D eigenvalue weighted by Crippen LogP contribution is 2.38. The fourth-order valence-electron chi connectivity index (χ4n) is 5.98. The number of carbonyl (C=O) groups excluding carboxylic acids is 2. The van der Waals surface area contributed by atoms with E-state index < -0.39 is 0 Å². The Morgan fingerprint density at radius 3 is 1.62 bits per heavy atom. The highest BCUT2D eigenvalue weighted by atomic mass is 32.1. The lowest BCUT2D eigenvalue weighted by Crippen LogP contribution is -2.19. The number of urea groups is 1.